The predicted octanol–water partition coefficient (Wildman–Crippen LogP) is 3.42. The van der Waals surface area contributed by atoms with Gasteiger partial charge in [-0.25, -0.2) is 18.4 Å². The van der Waals surface area contributed by atoms with E-state index in [1.54, 1.807) is 19.3 Å². The number of carbonyl (C=O) groups is 1. The molecule has 0 spiro atoms. The topological polar surface area (TPSA) is 165 Å². The lowest BCUT2D eigenvalue weighted by Crippen LogP contribution is -2.46. The Morgan fingerprint density at radius 1 is 1.00 bits per heavy atom. The number of aromatic amines is 1. The SMILES string of the molecule is Cc1n[nH]c(C(=O)N2[C@@H]3CC[C@H]2C[C@@H](c2nc4c(-c5ccc(-c6ccccc6)nc5)cnn4c(N)c2S(C)(=O)=O)C3)n1. The van der Waals surface area contributed by atoms with Crippen LogP contribution in [0.15, 0.2) is 59.8 Å². The summed E-state index contributed by atoms with van der Waals surface area (Å²) in [6.45, 7) is 1.73. The molecule has 0 aliphatic carbocycles. The van der Waals surface area contributed by atoms with E-state index in [2.05, 4.69) is 25.3 Å². The number of fused-ring (bicyclic) bond motifs is 3. The normalized spacial score (nSPS) is 20.3. The van der Waals surface area contributed by atoms with Crippen LogP contribution in [0.2, 0.25) is 0 Å². The average Bonchev–Trinajstić information content (AvgIpc) is 3.68. The number of aryl methyl sites for hydroxylation is 1. The number of carbonyl (C=O) groups excluding carboxylic acids is 1. The molecule has 0 saturated carbocycles. The van der Waals surface area contributed by atoms with E-state index in [0.717, 1.165) is 35.9 Å². The van der Waals surface area contributed by atoms with Crippen molar-refractivity contribution in [2.75, 3.05) is 12.0 Å². The molecule has 214 valence electrons. The van der Waals surface area contributed by atoms with Crippen LogP contribution in [0, 0.1) is 6.92 Å². The summed E-state index contributed by atoms with van der Waals surface area (Å²) in [5.74, 6) is 0.367. The first-order valence-electron chi connectivity index (χ1n) is 13.8. The van der Waals surface area contributed by atoms with Crippen LogP contribution in [0.5, 0.6) is 0 Å². The number of pyridine rings is 1. The molecule has 2 saturated heterocycles. The fourth-order valence-corrected chi connectivity index (χ4v) is 7.57. The van der Waals surface area contributed by atoms with Crippen LogP contribution in [0.1, 0.15) is 53.7 Å². The van der Waals surface area contributed by atoms with Crippen molar-refractivity contribution in [3.8, 4) is 22.4 Å². The number of hydrogen-bond donors (Lipinski definition) is 2. The Morgan fingerprint density at radius 2 is 1.74 bits per heavy atom. The number of aromatic nitrogens is 7. The van der Waals surface area contributed by atoms with Gasteiger partial charge in [0.25, 0.3) is 5.91 Å². The lowest BCUT2D eigenvalue weighted by Gasteiger charge is -2.38. The number of hydrogen-bond acceptors (Lipinski definition) is 9. The lowest BCUT2D eigenvalue weighted by atomic mass is 9.87. The van der Waals surface area contributed by atoms with Crippen molar-refractivity contribution in [3.05, 3.63) is 72.2 Å². The van der Waals surface area contributed by atoms with E-state index in [-0.39, 0.29) is 40.4 Å². The number of amides is 1. The van der Waals surface area contributed by atoms with Crippen LogP contribution in [-0.2, 0) is 9.84 Å². The van der Waals surface area contributed by atoms with Crippen LogP contribution in [0.3, 0.4) is 0 Å². The zero-order valence-electron chi connectivity index (χ0n) is 23.1. The van der Waals surface area contributed by atoms with E-state index < -0.39 is 9.84 Å². The number of piperidine rings is 1. The van der Waals surface area contributed by atoms with E-state index in [1.807, 2.05) is 47.4 Å². The highest BCUT2D eigenvalue weighted by Gasteiger charge is 2.46. The predicted molar refractivity (Wildman–Crippen MR) is 155 cm³/mol. The molecule has 13 heteroatoms. The molecule has 1 amide bonds. The number of H-pyrrole nitrogens is 1. The molecule has 2 fully saturated rings. The molecular formula is C29H29N9O3S. The third-order valence-corrected chi connectivity index (χ3v) is 9.49. The van der Waals surface area contributed by atoms with Crippen molar-refractivity contribution in [1.29, 1.82) is 0 Å². The Kier molecular flexibility index (Phi) is 6.08. The van der Waals surface area contributed by atoms with Gasteiger partial charge in [0.05, 0.1) is 17.6 Å². The summed E-state index contributed by atoms with van der Waals surface area (Å²) in [5.41, 5.74) is 10.7. The molecule has 0 radical (unpaired) electrons. The lowest BCUT2D eigenvalue weighted by molar-refractivity contribution is 0.0556. The highest BCUT2D eigenvalue weighted by atomic mass is 32.2. The number of benzene rings is 1. The minimum Gasteiger partial charge on any atom is -0.382 e. The van der Waals surface area contributed by atoms with Crippen molar-refractivity contribution in [2.24, 2.45) is 0 Å². The molecule has 6 heterocycles. The molecule has 2 aliphatic heterocycles. The van der Waals surface area contributed by atoms with E-state index in [1.165, 1.54) is 4.52 Å². The van der Waals surface area contributed by atoms with E-state index in [4.69, 9.17) is 10.7 Å². The quantitative estimate of drug-likeness (QED) is 0.315. The van der Waals surface area contributed by atoms with Gasteiger partial charge in [0.1, 0.15) is 16.5 Å². The molecule has 3 atom stereocenters. The average molecular weight is 584 g/mol. The first-order chi connectivity index (χ1) is 20.2. The Hall–Kier alpha value is -4.65. The van der Waals surface area contributed by atoms with Crippen molar-refractivity contribution >= 4 is 27.2 Å². The second kappa shape index (κ2) is 9.72. The van der Waals surface area contributed by atoms with Gasteiger partial charge in [0.15, 0.2) is 15.5 Å². The Labute approximate surface area is 241 Å². The largest absolute Gasteiger partial charge is 0.382 e. The zero-order chi connectivity index (χ0) is 29.2. The maximum Gasteiger partial charge on any atom is 0.291 e. The van der Waals surface area contributed by atoms with Crippen molar-refractivity contribution in [3.63, 3.8) is 0 Å². The molecule has 7 rings (SSSR count). The number of anilines is 1. The third-order valence-electron chi connectivity index (χ3n) is 8.33. The van der Waals surface area contributed by atoms with Gasteiger partial charge in [-0.1, -0.05) is 36.4 Å². The minimum atomic E-state index is -3.75. The second-order valence-corrected chi connectivity index (χ2v) is 13.0. The van der Waals surface area contributed by atoms with Crippen LogP contribution in [0.25, 0.3) is 28.0 Å². The van der Waals surface area contributed by atoms with Gasteiger partial charge in [-0.15, -0.1) is 0 Å². The fraction of sp³-hybridized carbons (Fsp3) is 0.310. The number of nitrogens with one attached hydrogen (secondary N) is 1. The van der Waals surface area contributed by atoms with Gasteiger partial charge in [0.2, 0.25) is 5.82 Å². The Bertz CT molecular complexity index is 1920. The molecule has 3 N–H and O–H groups in total. The van der Waals surface area contributed by atoms with Crippen LogP contribution < -0.4 is 5.73 Å². The molecule has 5 aromatic rings. The molecule has 42 heavy (non-hydrogen) atoms. The molecule has 4 aromatic heterocycles. The van der Waals surface area contributed by atoms with Gasteiger partial charge in [0, 0.05) is 47.1 Å². The first-order valence-corrected chi connectivity index (χ1v) is 15.7. The summed E-state index contributed by atoms with van der Waals surface area (Å²) < 4.78 is 27.6. The number of rotatable bonds is 5. The van der Waals surface area contributed by atoms with Gasteiger partial charge in [-0.2, -0.15) is 14.7 Å². The summed E-state index contributed by atoms with van der Waals surface area (Å²) in [6.07, 6.45) is 7.32. The van der Waals surface area contributed by atoms with Gasteiger partial charge < -0.3 is 10.6 Å². The maximum absolute atomic E-state index is 13.3. The smallest absolute Gasteiger partial charge is 0.291 e. The second-order valence-electron chi connectivity index (χ2n) is 11.1. The Morgan fingerprint density at radius 3 is 2.36 bits per heavy atom. The van der Waals surface area contributed by atoms with Crippen LogP contribution in [0.4, 0.5) is 5.82 Å². The summed E-state index contributed by atoms with van der Waals surface area (Å²) >= 11 is 0. The molecule has 0 unspecified atom stereocenters. The fourth-order valence-electron chi connectivity index (χ4n) is 6.51. The first kappa shape index (κ1) is 26.3. The summed E-state index contributed by atoms with van der Waals surface area (Å²) in [5, 5.41) is 11.1. The van der Waals surface area contributed by atoms with E-state index in [0.29, 0.717) is 35.6 Å². The Balaban J connectivity index is 1.27. The van der Waals surface area contributed by atoms with Crippen molar-refractivity contribution in [1.82, 2.24) is 39.7 Å². The summed E-state index contributed by atoms with van der Waals surface area (Å²) in [6, 6.07) is 13.6. The number of nitrogens with zero attached hydrogens (tertiary/aromatic N) is 7. The standard InChI is InChI=1S/C29H29N9O3S/c1-16-33-27(36-35-16)29(39)37-20-9-10-21(37)13-19(12-20)24-25(42(2,40)41)26(30)38-28(34-24)22(15-32-38)18-8-11-23(31-14-18)17-6-4-3-5-7-17/h3-8,11,14-15,19-21H,9-10,12-13,30H2,1-2H3,(H,33,35,36)/t19-,20+,21-. The third kappa shape index (κ3) is 4.31. The molecule has 1 aromatic carbocycles. The molecule has 2 bridgehead atoms. The highest BCUT2D eigenvalue weighted by molar-refractivity contribution is 7.91. The van der Waals surface area contributed by atoms with Crippen LogP contribution in [-0.4, -0.2) is 72.3 Å². The number of sulfone groups is 1. The summed E-state index contributed by atoms with van der Waals surface area (Å²) in [4.78, 5) is 29.0. The maximum atomic E-state index is 13.3. The minimum absolute atomic E-state index is 0.00256. The van der Waals surface area contributed by atoms with Crippen molar-refractivity contribution in [2.45, 2.75) is 55.5 Å². The van der Waals surface area contributed by atoms with Gasteiger partial charge in [-0.05, 0) is 38.7 Å². The van der Waals surface area contributed by atoms with E-state index >= 15 is 0 Å². The summed E-state index contributed by atoms with van der Waals surface area (Å²) in [7, 11) is -3.75. The van der Waals surface area contributed by atoms with Crippen LogP contribution >= 0.6 is 0 Å². The van der Waals surface area contributed by atoms with Gasteiger partial charge in [-0.3, -0.25) is 14.9 Å². The highest BCUT2D eigenvalue weighted by Crippen LogP contribution is 2.45. The zero-order valence-corrected chi connectivity index (χ0v) is 23.9. The molecular weight excluding hydrogens is 554 g/mol. The van der Waals surface area contributed by atoms with E-state index in [9.17, 15) is 13.2 Å². The monoisotopic (exact) mass is 583 g/mol. The van der Waals surface area contributed by atoms with Crippen molar-refractivity contribution < 1.29 is 13.2 Å². The van der Waals surface area contributed by atoms with Gasteiger partial charge >= 0.3 is 0 Å². The molecule has 2 aliphatic rings. The number of nitrogens with two attached hydrogens (primary N) is 1. The number of nitrogen functional groups attached to an aromatic ring is 1. The molecule has 12 nitrogen and oxygen atoms in total.